The zero-order valence-electron chi connectivity index (χ0n) is 14.9. The second-order valence-corrected chi connectivity index (χ2v) is 7.21. The SMILES string of the molecule is Cc1ccccc1C1C2=C(CCCC2=O)n2c(=O)c3ccccc3c(=O)n21. The highest BCUT2D eigenvalue weighted by atomic mass is 16.2. The molecule has 134 valence electrons. The van der Waals surface area contributed by atoms with E-state index in [9.17, 15) is 14.4 Å². The summed E-state index contributed by atoms with van der Waals surface area (Å²) in [5.74, 6) is 0.0311. The van der Waals surface area contributed by atoms with Gasteiger partial charge >= 0.3 is 0 Å². The molecule has 1 unspecified atom stereocenters. The third-order valence-corrected chi connectivity index (χ3v) is 5.69. The van der Waals surface area contributed by atoms with Crippen LogP contribution in [0.4, 0.5) is 0 Å². The van der Waals surface area contributed by atoms with Crippen molar-refractivity contribution in [2.45, 2.75) is 32.2 Å². The number of rotatable bonds is 1. The fraction of sp³-hybridized carbons (Fsp3) is 0.227. The second-order valence-electron chi connectivity index (χ2n) is 7.21. The average molecular weight is 358 g/mol. The summed E-state index contributed by atoms with van der Waals surface area (Å²) < 4.78 is 2.97. The minimum absolute atomic E-state index is 0.0311. The number of aromatic nitrogens is 2. The van der Waals surface area contributed by atoms with E-state index in [2.05, 4.69) is 0 Å². The van der Waals surface area contributed by atoms with Crippen LogP contribution in [0, 0.1) is 6.92 Å². The summed E-state index contributed by atoms with van der Waals surface area (Å²) in [6, 6.07) is 14.1. The Morgan fingerprint density at radius 2 is 1.52 bits per heavy atom. The van der Waals surface area contributed by atoms with E-state index in [1.165, 1.54) is 9.36 Å². The van der Waals surface area contributed by atoms with Crippen LogP contribution in [-0.2, 0) is 4.79 Å². The van der Waals surface area contributed by atoms with E-state index in [1.807, 2.05) is 31.2 Å². The average Bonchev–Trinajstić information content (AvgIpc) is 3.03. The Morgan fingerprint density at radius 3 is 2.26 bits per heavy atom. The van der Waals surface area contributed by atoms with Gasteiger partial charge in [0.15, 0.2) is 5.78 Å². The number of fused-ring (bicyclic) bond motifs is 3. The summed E-state index contributed by atoms with van der Waals surface area (Å²) in [6.45, 7) is 1.97. The van der Waals surface area contributed by atoms with Gasteiger partial charge in [0.2, 0.25) is 0 Å². The van der Waals surface area contributed by atoms with E-state index in [4.69, 9.17) is 0 Å². The smallest absolute Gasteiger partial charge is 0.277 e. The predicted molar refractivity (Wildman–Crippen MR) is 104 cm³/mol. The van der Waals surface area contributed by atoms with E-state index in [0.29, 0.717) is 41.3 Å². The molecule has 3 aromatic rings. The summed E-state index contributed by atoms with van der Waals surface area (Å²) in [6.07, 6.45) is 1.78. The molecule has 5 nitrogen and oxygen atoms in total. The Hall–Kier alpha value is -3.21. The van der Waals surface area contributed by atoms with Gasteiger partial charge in [-0.3, -0.25) is 14.4 Å². The molecule has 1 atom stereocenters. The number of carbonyl (C=O) groups excluding carboxylic acids is 1. The van der Waals surface area contributed by atoms with Crippen LogP contribution < -0.4 is 11.1 Å². The minimum atomic E-state index is -0.543. The van der Waals surface area contributed by atoms with Gasteiger partial charge in [0.1, 0.15) is 6.04 Å². The minimum Gasteiger partial charge on any atom is -0.294 e. The van der Waals surface area contributed by atoms with E-state index >= 15 is 0 Å². The van der Waals surface area contributed by atoms with E-state index in [1.54, 1.807) is 24.3 Å². The molecule has 1 aromatic heterocycles. The summed E-state index contributed by atoms with van der Waals surface area (Å²) in [5.41, 5.74) is 2.71. The van der Waals surface area contributed by atoms with E-state index in [0.717, 1.165) is 11.1 Å². The lowest BCUT2D eigenvalue weighted by atomic mass is 9.86. The van der Waals surface area contributed by atoms with Gasteiger partial charge in [-0.25, -0.2) is 9.36 Å². The topological polar surface area (TPSA) is 61.1 Å². The Morgan fingerprint density at radius 1 is 0.852 bits per heavy atom. The Kier molecular flexibility index (Phi) is 3.34. The third-order valence-electron chi connectivity index (χ3n) is 5.69. The van der Waals surface area contributed by atoms with Crippen molar-refractivity contribution in [1.82, 2.24) is 9.36 Å². The van der Waals surface area contributed by atoms with Crippen LogP contribution in [0.1, 0.15) is 36.4 Å². The number of carbonyl (C=O) groups is 1. The Bertz CT molecular complexity index is 1280. The van der Waals surface area contributed by atoms with Crippen LogP contribution in [0.3, 0.4) is 0 Å². The molecule has 0 saturated carbocycles. The lowest BCUT2D eigenvalue weighted by Gasteiger charge is -2.20. The van der Waals surface area contributed by atoms with Crippen LogP contribution in [0.15, 0.2) is 63.7 Å². The van der Waals surface area contributed by atoms with Gasteiger partial charge in [-0.15, -0.1) is 0 Å². The van der Waals surface area contributed by atoms with Gasteiger partial charge in [-0.05, 0) is 43.0 Å². The first-order valence-electron chi connectivity index (χ1n) is 9.18. The maximum absolute atomic E-state index is 13.4. The van der Waals surface area contributed by atoms with Gasteiger partial charge in [-0.2, -0.15) is 0 Å². The lowest BCUT2D eigenvalue weighted by molar-refractivity contribution is -0.116. The number of benzene rings is 2. The molecular formula is C22H18N2O3. The number of allylic oxidation sites excluding steroid dienone is 2. The lowest BCUT2D eigenvalue weighted by Crippen LogP contribution is -2.37. The normalized spacial score (nSPS) is 18.7. The zero-order valence-corrected chi connectivity index (χ0v) is 14.9. The van der Waals surface area contributed by atoms with E-state index < -0.39 is 6.04 Å². The van der Waals surface area contributed by atoms with Crippen LogP contribution in [0.25, 0.3) is 16.5 Å². The fourth-order valence-corrected chi connectivity index (χ4v) is 4.45. The molecule has 0 radical (unpaired) electrons. The van der Waals surface area contributed by atoms with Crippen molar-refractivity contribution in [3.05, 3.63) is 85.9 Å². The first-order chi connectivity index (χ1) is 13.1. The molecule has 0 bridgehead atoms. The van der Waals surface area contributed by atoms with Crippen molar-refractivity contribution in [2.24, 2.45) is 0 Å². The number of hydrogen-bond donors (Lipinski definition) is 0. The quantitative estimate of drug-likeness (QED) is 0.672. The maximum atomic E-state index is 13.4. The molecule has 0 spiro atoms. The fourth-order valence-electron chi connectivity index (χ4n) is 4.45. The van der Waals surface area contributed by atoms with Gasteiger partial charge < -0.3 is 0 Å². The van der Waals surface area contributed by atoms with Crippen LogP contribution in [0.5, 0.6) is 0 Å². The first-order valence-corrected chi connectivity index (χ1v) is 9.18. The molecule has 5 heteroatoms. The summed E-state index contributed by atoms with van der Waals surface area (Å²) in [4.78, 5) is 39.5. The van der Waals surface area contributed by atoms with Gasteiger partial charge in [-0.1, -0.05) is 36.4 Å². The molecule has 0 fully saturated rings. The highest BCUT2D eigenvalue weighted by Crippen LogP contribution is 2.41. The van der Waals surface area contributed by atoms with Crippen molar-refractivity contribution in [3.63, 3.8) is 0 Å². The molecule has 2 aromatic carbocycles. The van der Waals surface area contributed by atoms with Crippen LogP contribution in [-0.4, -0.2) is 15.1 Å². The van der Waals surface area contributed by atoms with Crippen LogP contribution in [0.2, 0.25) is 0 Å². The number of nitrogens with zero attached hydrogens (tertiary/aromatic N) is 2. The van der Waals surface area contributed by atoms with Crippen molar-refractivity contribution >= 4 is 22.3 Å². The first kappa shape index (κ1) is 16.0. The van der Waals surface area contributed by atoms with Crippen molar-refractivity contribution in [2.75, 3.05) is 0 Å². The number of Topliss-reactive ketones (excluding diaryl/α,β-unsaturated/α-hetero) is 1. The largest absolute Gasteiger partial charge is 0.294 e. The van der Waals surface area contributed by atoms with Gasteiger partial charge in [0.25, 0.3) is 11.1 Å². The molecule has 27 heavy (non-hydrogen) atoms. The highest BCUT2D eigenvalue weighted by molar-refractivity contribution is 6.04. The number of hydrogen-bond acceptors (Lipinski definition) is 3. The maximum Gasteiger partial charge on any atom is 0.277 e. The van der Waals surface area contributed by atoms with Crippen LogP contribution >= 0.6 is 0 Å². The molecule has 5 rings (SSSR count). The molecule has 0 N–H and O–H groups in total. The Labute approximate surface area is 155 Å². The van der Waals surface area contributed by atoms with Crippen molar-refractivity contribution < 1.29 is 4.79 Å². The zero-order chi connectivity index (χ0) is 18.7. The molecule has 0 amide bonds. The summed E-state index contributed by atoms with van der Waals surface area (Å²) >= 11 is 0. The molecule has 2 heterocycles. The molecule has 1 aliphatic carbocycles. The third kappa shape index (κ3) is 2.08. The number of ketones is 1. The highest BCUT2D eigenvalue weighted by Gasteiger charge is 2.40. The Balaban J connectivity index is 1.96. The summed E-state index contributed by atoms with van der Waals surface area (Å²) in [7, 11) is 0. The van der Waals surface area contributed by atoms with Crippen molar-refractivity contribution in [3.8, 4) is 0 Å². The van der Waals surface area contributed by atoms with Crippen molar-refractivity contribution in [1.29, 1.82) is 0 Å². The monoisotopic (exact) mass is 358 g/mol. The molecule has 0 saturated heterocycles. The number of aryl methyl sites for hydroxylation is 1. The standard InChI is InChI=1S/C22H18N2O3/c1-13-7-2-3-8-14(13)20-19-17(11-6-12-18(19)25)23-21(26)15-9-4-5-10-16(15)22(27)24(20)23/h2-5,7-10,20H,6,11-12H2,1H3. The molecular weight excluding hydrogens is 340 g/mol. The summed E-state index contributed by atoms with van der Waals surface area (Å²) in [5, 5.41) is 0.790. The van der Waals surface area contributed by atoms with E-state index in [-0.39, 0.29) is 16.9 Å². The predicted octanol–water partition coefficient (Wildman–Crippen LogP) is 3.04. The molecule has 1 aliphatic heterocycles. The van der Waals surface area contributed by atoms with Gasteiger partial charge in [0.05, 0.1) is 16.5 Å². The molecule has 2 aliphatic rings. The van der Waals surface area contributed by atoms with Gasteiger partial charge in [0, 0.05) is 12.0 Å². The second kappa shape index (κ2) is 5.64.